The van der Waals surface area contributed by atoms with Crippen LogP contribution >= 0.6 is 0 Å². The molecule has 6 nitrogen and oxygen atoms in total. The predicted octanol–water partition coefficient (Wildman–Crippen LogP) is 3.72. The van der Waals surface area contributed by atoms with Gasteiger partial charge in [-0.15, -0.1) is 0 Å². The van der Waals surface area contributed by atoms with Gasteiger partial charge in [0.15, 0.2) is 5.78 Å². The van der Waals surface area contributed by atoms with Crippen LogP contribution in [0.5, 0.6) is 0 Å². The lowest BCUT2D eigenvalue weighted by Gasteiger charge is -2.37. The monoisotopic (exact) mass is 375 g/mol. The van der Waals surface area contributed by atoms with E-state index in [1.165, 1.54) is 0 Å². The first-order valence-corrected chi connectivity index (χ1v) is 9.55. The first kappa shape index (κ1) is 18.2. The number of fused-ring (bicyclic) bond motifs is 2. The lowest BCUT2D eigenvalue weighted by Crippen LogP contribution is -2.48. The van der Waals surface area contributed by atoms with Crippen molar-refractivity contribution in [2.45, 2.75) is 44.4 Å². The molecule has 1 aromatic carbocycles. The van der Waals surface area contributed by atoms with Crippen molar-refractivity contribution in [2.75, 3.05) is 0 Å². The van der Waals surface area contributed by atoms with E-state index in [0.717, 1.165) is 18.4 Å². The van der Waals surface area contributed by atoms with Crippen LogP contribution in [-0.4, -0.2) is 33.8 Å². The zero-order valence-corrected chi connectivity index (χ0v) is 15.5. The summed E-state index contributed by atoms with van der Waals surface area (Å²) in [7, 11) is 0. The van der Waals surface area contributed by atoms with Gasteiger partial charge in [-0.2, -0.15) is 5.26 Å². The molecule has 0 radical (unpaired) electrons. The van der Waals surface area contributed by atoms with Crippen LogP contribution < -0.4 is 0 Å². The minimum atomic E-state index is -0.308. The fourth-order valence-electron chi connectivity index (χ4n) is 4.37. The van der Waals surface area contributed by atoms with Crippen LogP contribution in [0.2, 0.25) is 0 Å². The average Bonchev–Trinajstić information content (AvgIpc) is 3.01. The number of amides is 1. The number of aromatic nitrogens is 1. The molecule has 0 saturated carbocycles. The quantitative estimate of drug-likeness (QED) is 0.761. The number of carbonyl (C=O) groups is 2. The number of rotatable bonds is 4. The van der Waals surface area contributed by atoms with Crippen LogP contribution in [0.25, 0.3) is 0 Å². The summed E-state index contributed by atoms with van der Waals surface area (Å²) in [5.74, 6) is -0.302. The summed E-state index contributed by atoms with van der Waals surface area (Å²) in [6.45, 7) is 0.247. The molecular weight excluding hydrogens is 354 g/mol. The molecule has 2 unspecified atom stereocenters. The largest absolute Gasteiger partial charge is 0.445 e. The van der Waals surface area contributed by atoms with Crippen LogP contribution in [0, 0.1) is 17.2 Å². The molecule has 1 aromatic heterocycles. The molecular formula is C22H21N3O3. The Morgan fingerprint density at radius 3 is 2.50 bits per heavy atom. The van der Waals surface area contributed by atoms with Crippen molar-refractivity contribution in [3.63, 3.8) is 0 Å². The molecule has 2 aliphatic rings. The lowest BCUT2D eigenvalue weighted by atomic mass is 9.85. The van der Waals surface area contributed by atoms with Crippen molar-refractivity contribution in [2.24, 2.45) is 5.92 Å². The Kier molecular flexibility index (Phi) is 5.07. The Labute approximate surface area is 163 Å². The number of hydrogen-bond donors (Lipinski definition) is 0. The van der Waals surface area contributed by atoms with Crippen LogP contribution in [0.15, 0.2) is 48.7 Å². The number of ether oxygens (including phenoxy) is 1. The van der Waals surface area contributed by atoms with Crippen molar-refractivity contribution in [1.82, 2.24) is 9.88 Å². The Morgan fingerprint density at radius 1 is 1.11 bits per heavy atom. The zero-order valence-electron chi connectivity index (χ0n) is 15.5. The van der Waals surface area contributed by atoms with Gasteiger partial charge in [-0.1, -0.05) is 30.3 Å². The fourth-order valence-corrected chi connectivity index (χ4v) is 4.37. The van der Waals surface area contributed by atoms with Gasteiger partial charge in [0.2, 0.25) is 0 Å². The topological polar surface area (TPSA) is 83.3 Å². The van der Waals surface area contributed by atoms with Gasteiger partial charge in [0, 0.05) is 24.2 Å². The lowest BCUT2D eigenvalue weighted by molar-refractivity contribution is 0.0483. The van der Waals surface area contributed by atoms with Crippen molar-refractivity contribution in [3.8, 4) is 6.07 Å². The highest BCUT2D eigenvalue weighted by atomic mass is 16.6. The van der Waals surface area contributed by atoms with Gasteiger partial charge in [0.05, 0.1) is 5.56 Å². The fraction of sp³-hybridized carbons (Fsp3) is 0.364. The molecule has 2 aromatic rings. The molecule has 0 N–H and O–H groups in total. The third-order valence-corrected chi connectivity index (χ3v) is 5.68. The first-order valence-electron chi connectivity index (χ1n) is 9.55. The van der Waals surface area contributed by atoms with Gasteiger partial charge in [-0.25, -0.2) is 4.79 Å². The number of piperidine rings is 1. The minimum Gasteiger partial charge on any atom is -0.445 e. The van der Waals surface area contributed by atoms with Gasteiger partial charge < -0.3 is 9.64 Å². The Hall–Kier alpha value is -3.20. The molecule has 2 aliphatic heterocycles. The highest BCUT2D eigenvalue weighted by molar-refractivity contribution is 5.98. The first-order chi connectivity index (χ1) is 13.7. The second-order valence-corrected chi connectivity index (χ2v) is 7.38. The van der Waals surface area contributed by atoms with E-state index in [2.05, 4.69) is 4.98 Å². The summed E-state index contributed by atoms with van der Waals surface area (Å²) >= 11 is 0. The maximum atomic E-state index is 12.9. The van der Waals surface area contributed by atoms with Crippen LogP contribution in [0.1, 0.15) is 47.3 Å². The number of nitrogens with zero attached hydrogens (tertiary/aromatic N) is 3. The maximum Gasteiger partial charge on any atom is 0.410 e. The molecule has 6 heteroatoms. The summed E-state index contributed by atoms with van der Waals surface area (Å²) in [4.78, 5) is 31.5. The Balaban J connectivity index is 1.42. The molecule has 3 heterocycles. The molecule has 2 bridgehead atoms. The SMILES string of the molecule is N#Cc1cccnc1C(=O)C1CC2CCC(C1)N2C(=O)OCc1ccccc1. The molecule has 2 fully saturated rings. The molecule has 1 amide bonds. The van der Waals surface area contributed by atoms with Crippen molar-refractivity contribution < 1.29 is 14.3 Å². The Morgan fingerprint density at radius 2 is 1.82 bits per heavy atom. The van der Waals surface area contributed by atoms with E-state index in [0.29, 0.717) is 18.4 Å². The van der Waals surface area contributed by atoms with Crippen molar-refractivity contribution in [3.05, 3.63) is 65.5 Å². The van der Waals surface area contributed by atoms with Crippen LogP contribution in [-0.2, 0) is 11.3 Å². The second kappa shape index (κ2) is 7.81. The van der Waals surface area contributed by atoms with Crippen LogP contribution in [0.4, 0.5) is 4.79 Å². The van der Waals surface area contributed by atoms with E-state index >= 15 is 0 Å². The molecule has 0 spiro atoms. The van der Waals surface area contributed by atoms with E-state index in [1.807, 2.05) is 41.3 Å². The molecule has 0 aliphatic carbocycles. The van der Waals surface area contributed by atoms with Crippen molar-refractivity contribution >= 4 is 11.9 Å². The van der Waals surface area contributed by atoms with E-state index in [9.17, 15) is 14.9 Å². The smallest absolute Gasteiger partial charge is 0.410 e. The minimum absolute atomic E-state index is 0.00483. The molecule has 142 valence electrons. The number of pyridine rings is 1. The van der Waals surface area contributed by atoms with E-state index in [1.54, 1.807) is 18.3 Å². The summed E-state index contributed by atoms with van der Waals surface area (Å²) in [6.07, 6.45) is 4.18. The van der Waals surface area contributed by atoms with E-state index in [-0.39, 0.29) is 42.2 Å². The summed E-state index contributed by atoms with van der Waals surface area (Å²) in [5, 5.41) is 9.24. The summed E-state index contributed by atoms with van der Waals surface area (Å²) in [6, 6.07) is 14.9. The van der Waals surface area contributed by atoms with Crippen LogP contribution in [0.3, 0.4) is 0 Å². The number of carbonyl (C=O) groups excluding carboxylic acids is 2. The summed E-state index contributed by atoms with van der Waals surface area (Å²) < 4.78 is 5.51. The normalized spacial score (nSPS) is 23.1. The van der Waals surface area contributed by atoms with E-state index < -0.39 is 0 Å². The molecule has 2 saturated heterocycles. The molecule has 2 atom stereocenters. The Bertz CT molecular complexity index is 908. The number of nitriles is 1. The third kappa shape index (κ3) is 3.48. The molecule has 4 rings (SSSR count). The number of Topliss-reactive ketones (excluding diaryl/α,β-unsaturated/α-hetero) is 1. The van der Waals surface area contributed by atoms with Gasteiger partial charge in [0.25, 0.3) is 0 Å². The van der Waals surface area contributed by atoms with Gasteiger partial charge in [-0.05, 0) is 43.4 Å². The van der Waals surface area contributed by atoms with Gasteiger partial charge in [0.1, 0.15) is 18.4 Å². The highest BCUT2D eigenvalue weighted by Crippen LogP contribution is 2.40. The van der Waals surface area contributed by atoms with Gasteiger partial charge >= 0.3 is 6.09 Å². The standard InChI is InChI=1S/C22H21N3O3/c23-13-16-7-4-10-24-20(16)21(26)17-11-18-8-9-19(12-17)25(18)22(27)28-14-15-5-2-1-3-6-15/h1-7,10,17-19H,8-9,11-12,14H2. The predicted molar refractivity (Wildman–Crippen MR) is 101 cm³/mol. The second-order valence-electron chi connectivity index (χ2n) is 7.38. The number of ketones is 1. The van der Waals surface area contributed by atoms with Crippen molar-refractivity contribution in [1.29, 1.82) is 5.26 Å². The molecule has 28 heavy (non-hydrogen) atoms. The third-order valence-electron chi connectivity index (χ3n) is 5.68. The average molecular weight is 375 g/mol. The van der Waals surface area contributed by atoms with E-state index in [4.69, 9.17) is 4.74 Å². The number of hydrogen-bond acceptors (Lipinski definition) is 5. The van der Waals surface area contributed by atoms with Gasteiger partial charge in [-0.3, -0.25) is 9.78 Å². The maximum absolute atomic E-state index is 12.9. The number of benzene rings is 1. The zero-order chi connectivity index (χ0) is 19.5. The summed E-state index contributed by atoms with van der Waals surface area (Å²) in [5.41, 5.74) is 1.51. The highest BCUT2D eigenvalue weighted by Gasteiger charge is 2.46.